The second-order valence-corrected chi connectivity index (χ2v) is 10.7. The third-order valence-electron chi connectivity index (χ3n) is 7.06. The number of benzene rings is 3. The maximum Gasteiger partial charge on any atom is 0.261 e. The number of alkyl halides is 1. The molecule has 0 aliphatic rings. The first-order valence-electron chi connectivity index (χ1n) is 13.7. The molecule has 0 saturated carbocycles. The molecule has 11 heteroatoms. The second kappa shape index (κ2) is 12.1. The number of halogens is 2. The van der Waals surface area contributed by atoms with Crippen molar-refractivity contribution < 1.29 is 27.8 Å². The molecule has 2 amide bonds. The van der Waals surface area contributed by atoms with E-state index < -0.39 is 23.5 Å². The Morgan fingerprint density at radius 1 is 0.909 bits per heavy atom. The number of ether oxygens (including phenoxy) is 2. The maximum absolute atomic E-state index is 14.4. The minimum atomic E-state index is -2.15. The van der Waals surface area contributed by atoms with Gasteiger partial charge in [-0.2, -0.15) is 0 Å². The number of fused-ring (bicyclic) bond motifs is 1. The van der Waals surface area contributed by atoms with Crippen molar-refractivity contribution in [1.29, 1.82) is 0 Å². The Morgan fingerprint density at radius 3 is 2.25 bits per heavy atom. The van der Waals surface area contributed by atoms with Gasteiger partial charge >= 0.3 is 0 Å². The van der Waals surface area contributed by atoms with E-state index in [0.29, 0.717) is 39.8 Å². The SMILES string of the molecule is COc1cc2cnc(-c3ncc(-c4cc(NC(=O)C(C)(C)F)cc(C(=O)N[C@H](C)c5ccc(F)cc5)c4)[nH]3)cc2cc1OC. The lowest BCUT2D eigenvalue weighted by atomic mass is 10.0. The Balaban J connectivity index is 1.48. The number of H-pyrrole nitrogens is 1. The van der Waals surface area contributed by atoms with E-state index in [1.807, 2.05) is 18.2 Å². The fraction of sp³-hybridized carbons (Fsp3) is 0.212. The van der Waals surface area contributed by atoms with E-state index in [1.54, 1.807) is 57.8 Å². The number of methoxy groups -OCH3 is 2. The number of carbonyl (C=O) groups excluding carboxylic acids is 2. The molecule has 9 nitrogen and oxygen atoms in total. The quantitative estimate of drug-likeness (QED) is 0.175. The number of anilines is 1. The topological polar surface area (TPSA) is 118 Å². The van der Waals surface area contributed by atoms with Crippen molar-refractivity contribution in [3.05, 3.63) is 90.0 Å². The van der Waals surface area contributed by atoms with Crippen LogP contribution in [0.1, 0.15) is 42.7 Å². The molecular weight excluding hydrogens is 568 g/mol. The number of hydrogen-bond acceptors (Lipinski definition) is 6. The third-order valence-corrected chi connectivity index (χ3v) is 7.06. The second-order valence-electron chi connectivity index (χ2n) is 10.7. The van der Waals surface area contributed by atoms with Crippen molar-refractivity contribution in [2.45, 2.75) is 32.5 Å². The Morgan fingerprint density at radius 2 is 1.59 bits per heavy atom. The fourth-order valence-corrected chi connectivity index (χ4v) is 4.58. The Hall–Kier alpha value is -5.32. The van der Waals surface area contributed by atoms with Crippen LogP contribution in [-0.2, 0) is 4.79 Å². The molecule has 0 aliphatic heterocycles. The fourth-order valence-electron chi connectivity index (χ4n) is 4.58. The lowest BCUT2D eigenvalue weighted by Crippen LogP contribution is -2.32. The summed E-state index contributed by atoms with van der Waals surface area (Å²) in [5, 5.41) is 7.15. The number of carbonyl (C=O) groups is 2. The summed E-state index contributed by atoms with van der Waals surface area (Å²) in [4.78, 5) is 38.1. The van der Waals surface area contributed by atoms with Crippen molar-refractivity contribution in [1.82, 2.24) is 20.3 Å². The summed E-state index contributed by atoms with van der Waals surface area (Å²) in [6, 6.07) is 15.6. The summed E-state index contributed by atoms with van der Waals surface area (Å²) in [5.74, 6) is -0.0599. The molecule has 1 atom stereocenters. The van der Waals surface area contributed by atoms with Crippen molar-refractivity contribution in [2.24, 2.45) is 0 Å². The number of amides is 2. The molecule has 5 aromatic rings. The van der Waals surface area contributed by atoms with Crippen LogP contribution < -0.4 is 20.1 Å². The largest absolute Gasteiger partial charge is 0.493 e. The van der Waals surface area contributed by atoms with E-state index in [0.717, 1.165) is 24.6 Å². The van der Waals surface area contributed by atoms with Gasteiger partial charge in [0.1, 0.15) is 11.5 Å². The highest BCUT2D eigenvalue weighted by atomic mass is 19.1. The van der Waals surface area contributed by atoms with E-state index in [4.69, 9.17) is 9.47 Å². The number of aromatic nitrogens is 3. The molecule has 2 heterocycles. The third kappa shape index (κ3) is 6.51. The summed E-state index contributed by atoms with van der Waals surface area (Å²) >= 11 is 0. The highest BCUT2D eigenvalue weighted by molar-refractivity contribution is 6.01. The molecule has 226 valence electrons. The van der Waals surface area contributed by atoms with Crippen LogP contribution in [0.15, 0.2) is 73.1 Å². The van der Waals surface area contributed by atoms with Gasteiger partial charge in [-0.1, -0.05) is 12.1 Å². The van der Waals surface area contributed by atoms with Gasteiger partial charge < -0.3 is 25.1 Å². The van der Waals surface area contributed by atoms with Crippen molar-refractivity contribution in [2.75, 3.05) is 19.5 Å². The van der Waals surface area contributed by atoms with Gasteiger partial charge in [0, 0.05) is 28.4 Å². The van der Waals surface area contributed by atoms with Gasteiger partial charge in [-0.15, -0.1) is 0 Å². The average molecular weight is 600 g/mol. The van der Waals surface area contributed by atoms with E-state index in [9.17, 15) is 18.4 Å². The number of nitrogens with zero attached hydrogens (tertiary/aromatic N) is 2. The van der Waals surface area contributed by atoms with Crippen LogP contribution in [0.25, 0.3) is 33.5 Å². The van der Waals surface area contributed by atoms with Crippen molar-refractivity contribution in [3.63, 3.8) is 0 Å². The van der Waals surface area contributed by atoms with E-state index in [1.165, 1.54) is 18.2 Å². The van der Waals surface area contributed by atoms with Gasteiger partial charge in [-0.25, -0.2) is 13.8 Å². The Bertz CT molecular complexity index is 1850. The van der Waals surface area contributed by atoms with Gasteiger partial charge in [0.25, 0.3) is 11.8 Å². The van der Waals surface area contributed by atoms with Crippen LogP contribution in [0.2, 0.25) is 0 Å². The molecule has 0 radical (unpaired) electrons. The number of rotatable bonds is 9. The standard InChI is InChI=1S/C33H31F2N5O4/c1-18(19-6-8-24(34)9-7-19)38-31(41)22-10-21(11-25(12-22)39-32(42)33(2,3)35)27-17-37-30(40-27)26-13-20-14-28(43-4)29(44-5)15-23(20)16-36-26/h6-18H,1-5H3,(H,37,40)(H,38,41)(H,39,42)/t18-/m1/s1. The summed E-state index contributed by atoms with van der Waals surface area (Å²) in [6.45, 7) is 4.06. The molecule has 5 rings (SSSR count). The average Bonchev–Trinajstić information content (AvgIpc) is 3.50. The predicted molar refractivity (Wildman–Crippen MR) is 164 cm³/mol. The van der Waals surface area contributed by atoms with Crippen LogP contribution in [0.3, 0.4) is 0 Å². The zero-order valence-electron chi connectivity index (χ0n) is 24.8. The van der Waals surface area contributed by atoms with E-state index in [2.05, 4.69) is 25.6 Å². The van der Waals surface area contributed by atoms with Crippen LogP contribution in [0.5, 0.6) is 11.5 Å². The molecule has 2 aromatic heterocycles. The number of aromatic amines is 1. The van der Waals surface area contributed by atoms with Gasteiger partial charge in [0.15, 0.2) is 23.0 Å². The molecule has 0 fully saturated rings. The predicted octanol–water partition coefficient (Wildman–Crippen LogP) is 6.63. The van der Waals surface area contributed by atoms with Crippen LogP contribution in [0.4, 0.5) is 14.5 Å². The lowest BCUT2D eigenvalue weighted by molar-refractivity contribution is -0.125. The smallest absolute Gasteiger partial charge is 0.261 e. The maximum atomic E-state index is 14.4. The summed E-state index contributed by atoms with van der Waals surface area (Å²) in [7, 11) is 3.13. The zero-order chi connectivity index (χ0) is 31.6. The summed E-state index contributed by atoms with van der Waals surface area (Å²) in [6.07, 6.45) is 3.28. The first-order chi connectivity index (χ1) is 20.9. The first-order valence-corrected chi connectivity index (χ1v) is 13.7. The number of hydrogen-bond donors (Lipinski definition) is 3. The van der Waals surface area contributed by atoms with Crippen molar-refractivity contribution >= 4 is 28.3 Å². The van der Waals surface area contributed by atoms with Crippen LogP contribution in [-0.4, -0.2) is 46.7 Å². The molecule has 0 bridgehead atoms. The minimum Gasteiger partial charge on any atom is -0.493 e. The highest BCUT2D eigenvalue weighted by Gasteiger charge is 2.27. The Labute approximate surface area is 252 Å². The van der Waals surface area contributed by atoms with Crippen molar-refractivity contribution in [3.8, 4) is 34.3 Å². The highest BCUT2D eigenvalue weighted by Crippen LogP contribution is 2.33. The number of pyridine rings is 1. The molecule has 3 N–H and O–H groups in total. The molecule has 0 unspecified atom stereocenters. The number of nitrogens with one attached hydrogen (secondary N) is 3. The van der Waals surface area contributed by atoms with Gasteiger partial charge in [0.2, 0.25) is 0 Å². The Kier molecular flexibility index (Phi) is 8.30. The van der Waals surface area contributed by atoms with E-state index >= 15 is 0 Å². The summed E-state index contributed by atoms with van der Waals surface area (Å²) < 4.78 is 38.6. The molecule has 3 aromatic carbocycles. The van der Waals surface area contributed by atoms with Crippen LogP contribution in [0, 0.1) is 5.82 Å². The minimum absolute atomic E-state index is 0.212. The van der Waals surface area contributed by atoms with E-state index in [-0.39, 0.29) is 17.1 Å². The molecule has 0 aliphatic carbocycles. The zero-order valence-corrected chi connectivity index (χ0v) is 24.8. The summed E-state index contributed by atoms with van der Waals surface area (Å²) in [5.41, 5.74) is 0.607. The normalized spacial score (nSPS) is 12.1. The monoisotopic (exact) mass is 599 g/mol. The molecule has 0 saturated heterocycles. The molecular formula is C33H31F2N5O4. The van der Waals surface area contributed by atoms with Gasteiger partial charge in [0.05, 0.1) is 32.2 Å². The first kappa shape index (κ1) is 30.1. The van der Waals surface area contributed by atoms with Gasteiger partial charge in [-0.3, -0.25) is 14.6 Å². The van der Waals surface area contributed by atoms with Crippen LogP contribution >= 0.6 is 0 Å². The molecule has 0 spiro atoms. The van der Waals surface area contributed by atoms with Gasteiger partial charge in [-0.05, 0) is 80.3 Å². The lowest BCUT2D eigenvalue weighted by Gasteiger charge is -2.17. The molecule has 44 heavy (non-hydrogen) atoms. The number of imidazole rings is 1.